The van der Waals surface area contributed by atoms with Crippen LogP contribution >= 0.6 is 0 Å². The predicted octanol–water partition coefficient (Wildman–Crippen LogP) is 1.16. The first-order valence-corrected chi connectivity index (χ1v) is 8.59. The van der Waals surface area contributed by atoms with Gasteiger partial charge in [-0.3, -0.25) is 4.90 Å². The first kappa shape index (κ1) is 14.8. The Morgan fingerprint density at radius 1 is 0.900 bits per heavy atom. The van der Waals surface area contributed by atoms with Crippen molar-refractivity contribution in [3.63, 3.8) is 0 Å². The molecular formula is C16H31N3O. The van der Waals surface area contributed by atoms with E-state index in [0.717, 1.165) is 50.7 Å². The minimum atomic E-state index is 0.791. The van der Waals surface area contributed by atoms with E-state index in [4.69, 9.17) is 10.5 Å². The van der Waals surface area contributed by atoms with Gasteiger partial charge in [0.25, 0.3) is 0 Å². The number of ether oxygens (including phenoxy) is 1. The molecule has 0 bridgehead atoms. The van der Waals surface area contributed by atoms with Crippen LogP contribution in [0.3, 0.4) is 0 Å². The lowest BCUT2D eigenvalue weighted by atomic mass is 9.82. The number of morpholine rings is 1. The molecule has 0 aromatic carbocycles. The summed E-state index contributed by atoms with van der Waals surface area (Å²) in [5.74, 6) is 1.74. The highest BCUT2D eigenvalue weighted by Gasteiger charge is 2.30. The zero-order valence-electron chi connectivity index (χ0n) is 12.8. The van der Waals surface area contributed by atoms with Gasteiger partial charge in [-0.15, -0.1) is 0 Å². The molecule has 20 heavy (non-hydrogen) atoms. The van der Waals surface area contributed by atoms with E-state index in [-0.39, 0.29) is 0 Å². The van der Waals surface area contributed by atoms with Gasteiger partial charge in [0.1, 0.15) is 0 Å². The summed E-state index contributed by atoms with van der Waals surface area (Å²) in [6.45, 7) is 8.96. The van der Waals surface area contributed by atoms with E-state index in [1.807, 2.05) is 0 Å². The molecule has 2 heterocycles. The largest absolute Gasteiger partial charge is 0.379 e. The smallest absolute Gasteiger partial charge is 0.0594 e. The van der Waals surface area contributed by atoms with Crippen LogP contribution in [0, 0.1) is 11.8 Å². The molecule has 116 valence electrons. The van der Waals surface area contributed by atoms with E-state index in [1.165, 1.54) is 51.7 Å². The fourth-order valence-electron chi connectivity index (χ4n) is 4.23. The lowest BCUT2D eigenvalue weighted by Crippen LogP contribution is -2.45. The van der Waals surface area contributed by atoms with Crippen LogP contribution < -0.4 is 5.73 Å². The molecule has 3 fully saturated rings. The lowest BCUT2D eigenvalue weighted by Gasteiger charge is -2.33. The highest BCUT2D eigenvalue weighted by molar-refractivity contribution is 4.86. The standard InChI is InChI=1S/C16H31N3O/c17-11-14-1-3-15(4-2-14)12-18-6-5-16(13-18)19-7-9-20-10-8-19/h14-16H,1-13,17H2. The number of hydrogen-bond donors (Lipinski definition) is 1. The first-order valence-electron chi connectivity index (χ1n) is 8.59. The Morgan fingerprint density at radius 2 is 1.60 bits per heavy atom. The molecule has 2 N–H and O–H groups in total. The van der Waals surface area contributed by atoms with E-state index in [9.17, 15) is 0 Å². The molecule has 3 rings (SSSR count). The molecule has 0 amide bonds. The van der Waals surface area contributed by atoms with Crippen LogP contribution in [0.4, 0.5) is 0 Å². The molecule has 2 saturated heterocycles. The van der Waals surface area contributed by atoms with E-state index < -0.39 is 0 Å². The monoisotopic (exact) mass is 281 g/mol. The van der Waals surface area contributed by atoms with E-state index >= 15 is 0 Å². The highest BCUT2D eigenvalue weighted by atomic mass is 16.5. The molecule has 1 atom stereocenters. The molecule has 1 aliphatic carbocycles. The Morgan fingerprint density at radius 3 is 2.30 bits per heavy atom. The molecule has 0 spiro atoms. The van der Waals surface area contributed by atoms with Crippen LogP contribution in [0.1, 0.15) is 32.1 Å². The van der Waals surface area contributed by atoms with Crippen molar-refractivity contribution in [2.24, 2.45) is 17.6 Å². The average Bonchev–Trinajstić information content (AvgIpc) is 2.97. The Kier molecular flexibility index (Phi) is 5.32. The quantitative estimate of drug-likeness (QED) is 0.839. The van der Waals surface area contributed by atoms with Crippen molar-refractivity contribution in [3.8, 4) is 0 Å². The Bertz CT molecular complexity index is 285. The van der Waals surface area contributed by atoms with Gasteiger partial charge in [-0.05, 0) is 57.0 Å². The van der Waals surface area contributed by atoms with Gasteiger partial charge in [-0.25, -0.2) is 0 Å². The van der Waals surface area contributed by atoms with Gasteiger partial charge >= 0.3 is 0 Å². The van der Waals surface area contributed by atoms with Gasteiger partial charge in [-0.2, -0.15) is 0 Å². The second-order valence-electron chi connectivity index (χ2n) is 6.97. The Labute approximate surface area is 123 Å². The van der Waals surface area contributed by atoms with Gasteiger partial charge in [0.2, 0.25) is 0 Å². The third-order valence-electron chi connectivity index (χ3n) is 5.63. The van der Waals surface area contributed by atoms with E-state index in [2.05, 4.69) is 9.80 Å². The van der Waals surface area contributed by atoms with Gasteiger partial charge < -0.3 is 15.4 Å². The number of nitrogens with zero attached hydrogens (tertiary/aromatic N) is 2. The summed E-state index contributed by atoms with van der Waals surface area (Å²) in [6.07, 6.45) is 6.89. The predicted molar refractivity (Wildman–Crippen MR) is 81.7 cm³/mol. The maximum Gasteiger partial charge on any atom is 0.0594 e. The second-order valence-corrected chi connectivity index (χ2v) is 6.97. The summed E-state index contributed by atoms with van der Waals surface area (Å²) in [6, 6.07) is 0.791. The van der Waals surface area contributed by atoms with Gasteiger partial charge in [-0.1, -0.05) is 0 Å². The molecular weight excluding hydrogens is 250 g/mol. The zero-order valence-corrected chi connectivity index (χ0v) is 12.8. The Balaban J connectivity index is 1.39. The van der Waals surface area contributed by atoms with Crippen LogP contribution in [-0.4, -0.2) is 68.3 Å². The summed E-state index contributed by atoms with van der Waals surface area (Å²) >= 11 is 0. The summed E-state index contributed by atoms with van der Waals surface area (Å²) in [7, 11) is 0. The fraction of sp³-hybridized carbons (Fsp3) is 1.00. The molecule has 4 heteroatoms. The first-order chi connectivity index (χ1) is 9.85. The van der Waals surface area contributed by atoms with Crippen molar-refractivity contribution in [3.05, 3.63) is 0 Å². The minimum Gasteiger partial charge on any atom is -0.379 e. The van der Waals surface area contributed by atoms with Crippen molar-refractivity contribution in [2.45, 2.75) is 38.1 Å². The summed E-state index contributed by atoms with van der Waals surface area (Å²) in [5.41, 5.74) is 5.79. The summed E-state index contributed by atoms with van der Waals surface area (Å²) in [5, 5.41) is 0. The molecule has 3 aliphatic rings. The molecule has 0 radical (unpaired) electrons. The molecule has 1 unspecified atom stereocenters. The van der Waals surface area contributed by atoms with E-state index in [1.54, 1.807) is 0 Å². The average molecular weight is 281 g/mol. The number of rotatable bonds is 4. The normalized spacial score (nSPS) is 37.4. The second kappa shape index (κ2) is 7.21. The van der Waals surface area contributed by atoms with Crippen LogP contribution in [0.2, 0.25) is 0 Å². The van der Waals surface area contributed by atoms with Crippen LogP contribution in [0.15, 0.2) is 0 Å². The van der Waals surface area contributed by atoms with Crippen LogP contribution in [0.25, 0.3) is 0 Å². The number of likely N-dealkylation sites (tertiary alicyclic amines) is 1. The summed E-state index contributed by atoms with van der Waals surface area (Å²) in [4.78, 5) is 5.36. The lowest BCUT2D eigenvalue weighted by molar-refractivity contribution is 0.0181. The van der Waals surface area contributed by atoms with Crippen molar-refractivity contribution in [1.29, 1.82) is 0 Å². The minimum absolute atomic E-state index is 0.791. The fourth-order valence-corrected chi connectivity index (χ4v) is 4.23. The molecule has 0 aromatic rings. The van der Waals surface area contributed by atoms with Crippen LogP contribution in [0.5, 0.6) is 0 Å². The highest BCUT2D eigenvalue weighted by Crippen LogP contribution is 2.29. The third-order valence-corrected chi connectivity index (χ3v) is 5.63. The van der Waals surface area contributed by atoms with Crippen molar-refractivity contribution in [2.75, 3.05) is 52.5 Å². The topological polar surface area (TPSA) is 41.7 Å². The van der Waals surface area contributed by atoms with Gasteiger partial charge in [0.15, 0.2) is 0 Å². The number of hydrogen-bond acceptors (Lipinski definition) is 4. The number of nitrogens with two attached hydrogens (primary N) is 1. The molecule has 1 saturated carbocycles. The van der Waals surface area contributed by atoms with Gasteiger partial charge in [0.05, 0.1) is 13.2 Å². The maximum absolute atomic E-state index is 5.79. The van der Waals surface area contributed by atoms with Crippen molar-refractivity contribution >= 4 is 0 Å². The third kappa shape index (κ3) is 3.73. The SMILES string of the molecule is NCC1CCC(CN2CCC(N3CCOCC3)C2)CC1. The van der Waals surface area contributed by atoms with Crippen LogP contribution in [-0.2, 0) is 4.74 Å². The van der Waals surface area contributed by atoms with Gasteiger partial charge in [0, 0.05) is 32.2 Å². The maximum atomic E-state index is 5.79. The van der Waals surface area contributed by atoms with Crippen molar-refractivity contribution in [1.82, 2.24) is 9.80 Å². The molecule has 2 aliphatic heterocycles. The van der Waals surface area contributed by atoms with Crippen molar-refractivity contribution < 1.29 is 4.74 Å². The molecule has 4 nitrogen and oxygen atoms in total. The zero-order chi connectivity index (χ0) is 13.8. The Hall–Kier alpha value is -0.160. The molecule has 0 aromatic heterocycles. The summed E-state index contributed by atoms with van der Waals surface area (Å²) < 4.78 is 5.46. The van der Waals surface area contributed by atoms with E-state index in [0.29, 0.717) is 0 Å².